The largest absolute Gasteiger partial charge is 0.481 e. The molecule has 114 valence electrons. The van der Waals surface area contributed by atoms with Gasteiger partial charge in [0.15, 0.2) is 0 Å². The van der Waals surface area contributed by atoms with Crippen molar-refractivity contribution in [2.75, 3.05) is 12.4 Å². The summed E-state index contributed by atoms with van der Waals surface area (Å²) in [6.45, 7) is 0.0802. The summed E-state index contributed by atoms with van der Waals surface area (Å²) in [5.74, 6) is -1.94. The van der Waals surface area contributed by atoms with E-state index in [-0.39, 0.29) is 24.3 Å². The van der Waals surface area contributed by atoms with Crippen molar-refractivity contribution < 1.29 is 19.5 Å². The first-order valence-corrected chi connectivity index (χ1v) is 6.76. The topological polar surface area (TPSA) is 113 Å². The Morgan fingerprint density at radius 3 is 2.71 bits per heavy atom. The molecule has 1 heterocycles. The summed E-state index contributed by atoms with van der Waals surface area (Å²) in [5, 5.41) is 18.1. The number of hydrogen-bond donors (Lipinski definition) is 3. The molecule has 21 heavy (non-hydrogen) atoms. The number of carbonyl (C=O) groups excluding carboxylic acids is 2. The predicted molar refractivity (Wildman–Crippen MR) is 73.4 cm³/mol. The molecule has 8 heteroatoms. The molecule has 2 amide bonds. The van der Waals surface area contributed by atoms with Crippen LogP contribution < -0.4 is 10.6 Å². The maximum atomic E-state index is 12.1. The van der Waals surface area contributed by atoms with Crippen molar-refractivity contribution in [3.05, 3.63) is 12.4 Å². The Bertz CT molecular complexity index is 554. The Balaban J connectivity index is 1.89. The summed E-state index contributed by atoms with van der Waals surface area (Å²) < 4.78 is 1.42. The molecule has 2 rings (SSSR count). The Kier molecular flexibility index (Phi) is 4.56. The van der Waals surface area contributed by atoms with Crippen molar-refractivity contribution in [3.8, 4) is 0 Å². The van der Waals surface area contributed by atoms with E-state index in [2.05, 4.69) is 15.7 Å². The van der Waals surface area contributed by atoms with Gasteiger partial charge < -0.3 is 15.7 Å². The standard InChI is InChI=1S/C13H18N4O4/c1-14-11(18)7-17-6-10(5-15-17)16-12(19)8-2-3-9(4-8)13(20)21/h5-6,8-9H,2-4,7H2,1H3,(H,14,18)(H,16,19)(H,20,21)/t8-,9+/m1/s1. The van der Waals surface area contributed by atoms with E-state index in [9.17, 15) is 14.4 Å². The summed E-state index contributed by atoms with van der Waals surface area (Å²) in [4.78, 5) is 34.1. The lowest BCUT2D eigenvalue weighted by molar-refractivity contribution is -0.141. The summed E-state index contributed by atoms with van der Waals surface area (Å²) >= 11 is 0. The molecule has 0 unspecified atom stereocenters. The Morgan fingerprint density at radius 1 is 1.38 bits per heavy atom. The minimum atomic E-state index is -0.844. The minimum absolute atomic E-state index is 0.0802. The van der Waals surface area contributed by atoms with E-state index in [1.165, 1.54) is 17.9 Å². The molecule has 1 aromatic heterocycles. The van der Waals surface area contributed by atoms with Gasteiger partial charge >= 0.3 is 5.97 Å². The average molecular weight is 294 g/mol. The van der Waals surface area contributed by atoms with E-state index in [1.807, 2.05) is 0 Å². The van der Waals surface area contributed by atoms with Gasteiger partial charge in [-0.05, 0) is 19.3 Å². The van der Waals surface area contributed by atoms with Gasteiger partial charge in [-0.3, -0.25) is 19.1 Å². The average Bonchev–Trinajstić information content (AvgIpc) is 3.07. The number of likely N-dealkylation sites (N-methyl/N-ethyl adjacent to an activating group) is 1. The third-order valence-corrected chi connectivity index (χ3v) is 3.64. The van der Waals surface area contributed by atoms with Gasteiger partial charge in [-0.2, -0.15) is 5.10 Å². The van der Waals surface area contributed by atoms with Gasteiger partial charge in [0.05, 0.1) is 17.8 Å². The maximum Gasteiger partial charge on any atom is 0.306 e. The second-order valence-electron chi connectivity index (χ2n) is 5.13. The number of nitrogens with one attached hydrogen (secondary N) is 2. The molecule has 2 atom stereocenters. The lowest BCUT2D eigenvalue weighted by atomic mass is 10.0. The fourth-order valence-electron chi connectivity index (χ4n) is 2.43. The van der Waals surface area contributed by atoms with Gasteiger partial charge in [0.2, 0.25) is 11.8 Å². The lowest BCUT2D eigenvalue weighted by Crippen LogP contribution is -2.23. The smallest absolute Gasteiger partial charge is 0.306 e. The molecular weight excluding hydrogens is 276 g/mol. The van der Waals surface area contributed by atoms with Crippen LogP contribution in [0.5, 0.6) is 0 Å². The van der Waals surface area contributed by atoms with Crippen LogP contribution >= 0.6 is 0 Å². The zero-order valence-electron chi connectivity index (χ0n) is 11.7. The number of rotatable bonds is 5. The Labute approximate surface area is 121 Å². The van der Waals surface area contributed by atoms with Crippen molar-refractivity contribution in [2.24, 2.45) is 11.8 Å². The van der Waals surface area contributed by atoms with Crippen LogP contribution in [0.2, 0.25) is 0 Å². The second-order valence-corrected chi connectivity index (χ2v) is 5.13. The number of nitrogens with zero attached hydrogens (tertiary/aromatic N) is 2. The summed E-state index contributed by atoms with van der Waals surface area (Å²) in [5.41, 5.74) is 0.502. The number of aliphatic carboxylic acids is 1. The molecule has 0 radical (unpaired) electrons. The molecule has 3 N–H and O–H groups in total. The van der Waals surface area contributed by atoms with Crippen molar-refractivity contribution in [3.63, 3.8) is 0 Å². The van der Waals surface area contributed by atoms with E-state index in [1.54, 1.807) is 6.20 Å². The van der Waals surface area contributed by atoms with Gasteiger partial charge in [0, 0.05) is 19.2 Å². The van der Waals surface area contributed by atoms with Crippen molar-refractivity contribution in [1.29, 1.82) is 0 Å². The predicted octanol–water partition coefficient (Wildman–Crippen LogP) is 0.0685. The summed E-state index contributed by atoms with van der Waals surface area (Å²) in [6.07, 6.45) is 4.51. The van der Waals surface area contributed by atoms with Crippen LogP contribution in [0.3, 0.4) is 0 Å². The zero-order chi connectivity index (χ0) is 15.4. The summed E-state index contributed by atoms with van der Waals surface area (Å²) in [6, 6.07) is 0. The third-order valence-electron chi connectivity index (χ3n) is 3.64. The molecule has 0 aliphatic heterocycles. The zero-order valence-corrected chi connectivity index (χ0v) is 11.7. The minimum Gasteiger partial charge on any atom is -0.481 e. The number of anilines is 1. The highest BCUT2D eigenvalue weighted by Crippen LogP contribution is 2.31. The number of carboxylic acid groups (broad SMARTS) is 1. The number of carbonyl (C=O) groups is 3. The molecule has 0 saturated heterocycles. The SMILES string of the molecule is CNC(=O)Cn1cc(NC(=O)[C@@H]2CC[C@H](C(=O)O)C2)cn1. The van der Waals surface area contributed by atoms with Crippen LogP contribution in [-0.4, -0.2) is 39.7 Å². The van der Waals surface area contributed by atoms with Crippen LogP contribution in [-0.2, 0) is 20.9 Å². The van der Waals surface area contributed by atoms with Gasteiger partial charge in [-0.1, -0.05) is 0 Å². The molecule has 1 saturated carbocycles. The van der Waals surface area contributed by atoms with Gasteiger partial charge in [-0.25, -0.2) is 0 Å². The second kappa shape index (κ2) is 6.38. The van der Waals surface area contributed by atoms with E-state index < -0.39 is 11.9 Å². The third kappa shape index (κ3) is 3.80. The van der Waals surface area contributed by atoms with E-state index in [0.717, 1.165) is 0 Å². The van der Waals surface area contributed by atoms with Crippen LogP contribution in [0.1, 0.15) is 19.3 Å². The highest BCUT2D eigenvalue weighted by Gasteiger charge is 2.33. The first-order chi connectivity index (χ1) is 9.99. The molecule has 0 spiro atoms. The molecule has 1 fully saturated rings. The van der Waals surface area contributed by atoms with Gasteiger partial charge in [0.25, 0.3) is 0 Å². The van der Waals surface area contributed by atoms with Crippen molar-refractivity contribution in [2.45, 2.75) is 25.8 Å². The molecule has 8 nitrogen and oxygen atoms in total. The normalized spacial score (nSPS) is 21.0. The molecule has 0 aromatic carbocycles. The molecule has 0 bridgehead atoms. The Morgan fingerprint density at radius 2 is 2.10 bits per heavy atom. The van der Waals surface area contributed by atoms with Gasteiger partial charge in [-0.15, -0.1) is 0 Å². The number of hydrogen-bond acceptors (Lipinski definition) is 4. The maximum absolute atomic E-state index is 12.1. The monoisotopic (exact) mass is 294 g/mol. The number of amides is 2. The van der Waals surface area contributed by atoms with E-state index in [0.29, 0.717) is 24.9 Å². The van der Waals surface area contributed by atoms with Crippen molar-refractivity contribution in [1.82, 2.24) is 15.1 Å². The van der Waals surface area contributed by atoms with Crippen LogP contribution in [0.15, 0.2) is 12.4 Å². The fourth-order valence-corrected chi connectivity index (χ4v) is 2.43. The lowest BCUT2D eigenvalue weighted by Gasteiger charge is -2.09. The first-order valence-electron chi connectivity index (χ1n) is 6.76. The quantitative estimate of drug-likeness (QED) is 0.711. The van der Waals surface area contributed by atoms with E-state index >= 15 is 0 Å². The fraction of sp³-hybridized carbons (Fsp3) is 0.538. The Hall–Kier alpha value is -2.38. The summed E-state index contributed by atoms with van der Waals surface area (Å²) in [7, 11) is 1.54. The van der Waals surface area contributed by atoms with Crippen molar-refractivity contribution >= 4 is 23.5 Å². The van der Waals surface area contributed by atoms with Crippen LogP contribution in [0.25, 0.3) is 0 Å². The van der Waals surface area contributed by atoms with E-state index in [4.69, 9.17) is 5.11 Å². The number of aromatic nitrogens is 2. The molecular formula is C13H18N4O4. The number of carboxylic acids is 1. The van der Waals surface area contributed by atoms with Crippen LogP contribution in [0, 0.1) is 11.8 Å². The highest BCUT2D eigenvalue weighted by atomic mass is 16.4. The van der Waals surface area contributed by atoms with Gasteiger partial charge in [0.1, 0.15) is 6.54 Å². The molecule has 1 aromatic rings. The molecule has 1 aliphatic carbocycles. The van der Waals surface area contributed by atoms with Crippen LogP contribution in [0.4, 0.5) is 5.69 Å². The highest BCUT2D eigenvalue weighted by molar-refractivity contribution is 5.93. The molecule has 1 aliphatic rings. The first kappa shape index (κ1) is 15.0.